The molecule has 11 heteroatoms. The number of ether oxygens (including phenoxy) is 1. The molecule has 40 heavy (non-hydrogen) atoms. The van der Waals surface area contributed by atoms with Crippen LogP contribution in [0.25, 0.3) is 10.9 Å². The Hall–Kier alpha value is -3.11. The minimum absolute atomic E-state index is 0. The molecule has 0 unspecified atom stereocenters. The number of carbonyl (C=O) groups excluding carboxylic acids is 2. The first kappa shape index (κ1) is 33.1. The molecule has 2 heterocycles. The first-order chi connectivity index (χ1) is 18.7. The van der Waals surface area contributed by atoms with Gasteiger partial charge in [-0.1, -0.05) is 55.2 Å². The van der Waals surface area contributed by atoms with E-state index < -0.39 is 5.97 Å². The molecule has 1 aliphatic heterocycles. The van der Waals surface area contributed by atoms with E-state index in [4.69, 9.17) is 27.9 Å². The fourth-order valence-electron chi connectivity index (χ4n) is 4.57. The largest absolute Gasteiger partial charge is 0.462 e. The highest BCUT2D eigenvalue weighted by molar-refractivity contribution is 6.42. The van der Waals surface area contributed by atoms with E-state index in [2.05, 4.69) is 0 Å². The molecule has 1 saturated heterocycles. The maximum atomic E-state index is 13.7. The number of benzene rings is 2. The van der Waals surface area contributed by atoms with Crippen molar-refractivity contribution in [3.8, 4) is 0 Å². The number of likely N-dealkylation sites (N-methyl/N-ethyl adjacent to an activating group) is 1. The van der Waals surface area contributed by atoms with Crippen LogP contribution in [-0.2, 0) is 11.3 Å². The van der Waals surface area contributed by atoms with Crippen molar-refractivity contribution in [2.24, 2.45) is 0 Å². The fraction of sp³-hybridized carbons (Fsp3) is 0.414. The van der Waals surface area contributed by atoms with Gasteiger partial charge in [-0.25, -0.2) is 4.79 Å². The van der Waals surface area contributed by atoms with E-state index >= 15 is 0 Å². The summed E-state index contributed by atoms with van der Waals surface area (Å²) in [4.78, 5) is 45.7. The normalized spacial score (nSPS) is 13.0. The number of nitrogens with zero attached hydrogens (tertiary/aromatic N) is 4. The highest BCUT2D eigenvalue weighted by Crippen LogP contribution is 2.31. The van der Waals surface area contributed by atoms with Gasteiger partial charge in [-0.2, -0.15) is 0 Å². The highest BCUT2D eigenvalue weighted by atomic mass is 35.5. The van der Waals surface area contributed by atoms with Gasteiger partial charge in [0.15, 0.2) is 0 Å². The zero-order valence-electron chi connectivity index (χ0n) is 23.9. The van der Waals surface area contributed by atoms with Crippen LogP contribution in [0.3, 0.4) is 0 Å². The van der Waals surface area contributed by atoms with E-state index in [1.807, 2.05) is 62.0 Å². The maximum Gasteiger partial charge on any atom is 0.345 e. The van der Waals surface area contributed by atoms with Crippen LogP contribution in [0.4, 0.5) is 5.69 Å². The second kappa shape index (κ2) is 15.0. The lowest BCUT2D eigenvalue weighted by molar-refractivity contribution is 0.0523. The van der Waals surface area contributed by atoms with Crippen LogP contribution in [0.2, 0.25) is 10.0 Å². The van der Waals surface area contributed by atoms with Crippen molar-refractivity contribution in [2.45, 2.75) is 27.3 Å². The number of hydrogen-bond acceptors (Lipinski definition) is 7. The Labute approximate surface area is 245 Å². The number of aromatic nitrogens is 1. The predicted octanol–water partition coefficient (Wildman–Crippen LogP) is 5.20. The second-order valence-electron chi connectivity index (χ2n) is 9.13. The number of pyridine rings is 1. The Morgan fingerprint density at radius 3 is 2.23 bits per heavy atom. The third kappa shape index (κ3) is 7.14. The van der Waals surface area contributed by atoms with Gasteiger partial charge in [0, 0.05) is 50.2 Å². The first-order valence-electron chi connectivity index (χ1n) is 13.2. The smallest absolute Gasteiger partial charge is 0.345 e. The van der Waals surface area contributed by atoms with E-state index in [1.165, 1.54) is 0 Å². The number of fused-ring (bicyclic) bond motifs is 1. The lowest BCUT2D eigenvalue weighted by Crippen LogP contribution is -2.49. The molecule has 0 bridgehead atoms. The number of para-hydroxylation sites is 1. The third-order valence-electron chi connectivity index (χ3n) is 6.45. The summed E-state index contributed by atoms with van der Waals surface area (Å²) in [5.41, 5.74) is 1.43. The van der Waals surface area contributed by atoms with Gasteiger partial charge in [0.25, 0.3) is 11.5 Å². The van der Waals surface area contributed by atoms with Gasteiger partial charge in [0.1, 0.15) is 5.56 Å². The highest BCUT2D eigenvalue weighted by Gasteiger charge is 2.30. The Morgan fingerprint density at radius 2 is 1.62 bits per heavy atom. The molecule has 0 aliphatic carbocycles. The van der Waals surface area contributed by atoms with E-state index in [9.17, 15) is 14.4 Å². The summed E-state index contributed by atoms with van der Waals surface area (Å²) in [5.74, 6) is -0.783. The van der Waals surface area contributed by atoms with E-state index in [-0.39, 0.29) is 29.8 Å². The Bertz CT molecular complexity index is 1380. The molecule has 4 rings (SSSR count). The number of anilines is 1. The summed E-state index contributed by atoms with van der Waals surface area (Å²) in [5, 5.41) is 1.52. The lowest BCUT2D eigenvalue weighted by atomic mass is 10.1. The van der Waals surface area contributed by atoms with Crippen LogP contribution in [0.5, 0.6) is 0 Å². The SMILES string of the molecule is CC.CCOC(=O)c1c(N2CCN(C(=O)c3ccc(Cl)c(Cl)c3)CC2)c2ccccc2n(CCN(C)C)c1=O.N. The standard InChI is InChI=1S/C27H30Cl2N4O4.C2H6.H3N/c1-4-37-27(36)23-24(19-7-5-6-8-22(19)33(26(23)35)16-11-30(2)3)31-12-14-32(15-13-31)25(34)18-9-10-20(28)21(29)17-18;1-2;/h5-10,17H,4,11-16H2,1-3H3;1-2H3;1H3. The Morgan fingerprint density at radius 1 is 0.975 bits per heavy atom. The molecule has 2 aromatic carbocycles. The van der Waals surface area contributed by atoms with Gasteiger partial charge in [-0.3, -0.25) is 9.59 Å². The van der Waals surface area contributed by atoms with Crippen LogP contribution in [0.15, 0.2) is 47.3 Å². The van der Waals surface area contributed by atoms with E-state index in [0.29, 0.717) is 60.6 Å². The zero-order valence-corrected chi connectivity index (χ0v) is 25.4. The van der Waals surface area contributed by atoms with Gasteiger partial charge in [-0.05, 0) is 45.3 Å². The number of esters is 1. The van der Waals surface area contributed by atoms with Crippen LogP contribution in [0.1, 0.15) is 41.5 Å². The number of carbonyl (C=O) groups is 2. The average molecular weight is 593 g/mol. The molecule has 3 N–H and O–H groups in total. The van der Waals surface area contributed by atoms with Crippen molar-refractivity contribution in [3.05, 3.63) is 74.0 Å². The quantitative estimate of drug-likeness (QED) is 0.376. The molecule has 0 spiro atoms. The molecule has 0 atom stereocenters. The number of amides is 1. The van der Waals surface area contributed by atoms with Crippen LogP contribution < -0.4 is 16.6 Å². The first-order valence-corrected chi connectivity index (χ1v) is 13.9. The minimum atomic E-state index is -0.638. The van der Waals surface area contributed by atoms with Gasteiger partial charge in [0.05, 0.1) is 27.9 Å². The molecular weight excluding hydrogens is 553 g/mol. The summed E-state index contributed by atoms with van der Waals surface area (Å²) < 4.78 is 6.98. The minimum Gasteiger partial charge on any atom is -0.462 e. The van der Waals surface area contributed by atoms with Crippen molar-refractivity contribution in [1.29, 1.82) is 0 Å². The molecule has 9 nitrogen and oxygen atoms in total. The summed E-state index contributed by atoms with van der Waals surface area (Å²) in [6, 6.07) is 12.4. The van der Waals surface area contributed by atoms with Gasteiger partial charge in [-0.15, -0.1) is 0 Å². The van der Waals surface area contributed by atoms with Crippen molar-refractivity contribution in [3.63, 3.8) is 0 Å². The van der Waals surface area contributed by atoms with Crippen molar-refractivity contribution in [1.82, 2.24) is 20.5 Å². The predicted molar refractivity (Wildman–Crippen MR) is 164 cm³/mol. The third-order valence-corrected chi connectivity index (χ3v) is 7.18. The average Bonchev–Trinajstić information content (AvgIpc) is 2.94. The van der Waals surface area contributed by atoms with Crippen molar-refractivity contribution in [2.75, 3.05) is 58.3 Å². The number of piperazine rings is 1. The number of rotatable bonds is 7. The molecule has 1 fully saturated rings. The number of halogens is 2. The lowest BCUT2D eigenvalue weighted by Gasteiger charge is -2.37. The Balaban J connectivity index is 0.00000183. The molecule has 218 valence electrons. The second-order valence-corrected chi connectivity index (χ2v) is 9.94. The molecule has 3 aromatic rings. The number of hydrogen-bond donors (Lipinski definition) is 1. The van der Waals surface area contributed by atoms with Gasteiger partial charge in [0.2, 0.25) is 0 Å². The zero-order chi connectivity index (χ0) is 28.7. The summed E-state index contributed by atoms with van der Waals surface area (Å²) in [6.45, 7) is 8.69. The fourth-order valence-corrected chi connectivity index (χ4v) is 4.87. The van der Waals surface area contributed by atoms with E-state index in [0.717, 1.165) is 10.9 Å². The molecule has 1 amide bonds. The topological polar surface area (TPSA) is 110 Å². The van der Waals surface area contributed by atoms with Crippen LogP contribution in [0, 0.1) is 0 Å². The Kier molecular flexibility index (Phi) is 12.4. The molecule has 0 radical (unpaired) electrons. The molecular formula is C29H39Cl2N5O4. The van der Waals surface area contributed by atoms with Crippen LogP contribution in [-0.4, -0.2) is 79.7 Å². The van der Waals surface area contributed by atoms with Crippen molar-refractivity contribution >= 4 is 51.7 Å². The summed E-state index contributed by atoms with van der Waals surface area (Å²) in [6.07, 6.45) is 0. The van der Waals surface area contributed by atoms with Crippen LogP contribution >= 0.6 is 23.2 Å². The van der Waals surface area contributed by atoms with Crippen molar-refractivity contribution < 1.29 is 14.3 Å². The molecule has 1 aromatic heterocycles. The molecule has 0 saturated carbocycles. The van der Waals surface area contributed by atoms with Gasteiger partial charge >= 0.3 is 5.97 Å². The van der Waals surface area contributed by atoms with E-state index in [1.54, 1.807) is 34.6 Å². The monoisotopic (exact) mass is 591 g/mol. The summed E-state index contributed by atoms with van der Waals surface area (Å²) >= 11 is 12.1. The summed E-state index contributed by atoms with van der Waals surface area (Å²) in [7, 11) is 3.87. The van der Waals surface area contributed by atoms with Gasteiger partial charge < -0.3 is 30.2 Å². The molecule has 1 aliphatic rings. The maximum absolute atomic E-state index is 13.7.